The third kappa shape index (κ3) is 4.89. The summed E-state index contributed by atoms with van der Waals surface area (Å²) < 4.78 is 2.21. The zero-order valence-electron chi connectivity index (χ0n) is 15.7. The van der Waals surface area contributed by atoms with Gasteiger partial charge in [-0.2, -0.15) is 0 Å². The van der Waals surface area contributed by atoms with E-state index in [1.54, 1.807) is 5.30 Å². The fourth-order valence-corrected chi connectivity index (χ4v) is 12.3. The SMILES string of the molecule is I/C=C/CCC[P+](c1ccccc1)(C1CCCCC1)C1CCCCC1. The second-order valence-electron chi connectivity index (χ2n) is 8.08. The van der Waals surface area contributed by atoms with Crippen molar-refractivity contribution < 1.29 is 0 Å². The molecule has 0 unspecified atom stereocenters. The summed E-state index contributed by atoms with van der Waals surface area (Å²) in [6.07, 6.45) is 21.5. The summed E-state index contributed by atoms with van der Waals surface area (Å²) >= 11 is 2.37. The lowest BCUT2D eigenvalue weighted by Crippen LogP contribution is -2.36. The highest BCUT2D eigenvalue weighted by molar-refractivity contribution is 14.1. The molecule has 0 aromatic heterocycles. The van der Waals surface area contributed by atoms with E-state index < -0.39 is 7.26 Å². The molecule has 0 atom stereocenters. The van der Waals surface area contributed by atoms with Crippen LogP contribution in [0.2, 0.25) is 0 Å². The van der Waals surface area contributed by atoms with Crippen molar-refractivity contribution in [1.82, 2.24) is 0 Å². The van der Waals surface area contributed by atoms with Gasteiger partial charge in [0.1, 0.15) is 0 Å². The molecule has 2 aliphatic carbocycles. The third-order valence-electron chi connectivity index (χ3n) is 6.68. The van der Waals surface area contributed by atoms with Gasteiger partial charge in [-0.15, -0.1) is 0 Å². The number of allylic oxidation sites excluding steroid dienone is 1. The quantitative estimate of drug-likeness (QED) is 0.218. The van der Waals surface area contributed by atoms with E-state index >= 15 is 0 Å². The van der Waals surface area contributed by atoms with E-state index in [0.717, 1.165) is 11.3 Å². The van der Waals surface area contributed by atoms with Crippen molar-refractivity contribution in [2.45, 2.75) is 88.4 Å². The van der Waals surface area contributed by atoms with Crippen LogP contribution in [0, 0.1) is 0 Å². The smallest absolute Gasteiger partial charge is 0.0783 e. The van der Waals surface area contributed by atoms with Crippen molar-refractivity contribution in [3.8, 4) is 0 Å². The summed E-state index contributed by atoms with van der Waals surface area (Å²) in [7, 11) is -1.08. The number of unbranched alkanes of at least 4 members (excludes halogenated alkanes) is 1. The van der Waals surface area contributed by atoms with Crippen LogP contribution in [0.5, 0.6) is 0 Å². The molecule has 1 aromatic carbocycles. The average molecular weight is 469 g/mol. The first-order valence-electron chi connectivity index (χ1n) is 10.6. The zero-order valence-corrected chi connectivity index (χ0v) is 18.8. The Bertz CT molecular complexity index is 494. The van der Waals surface area contributed by atoms with Gasteiger partial charge in [-0.3, -0.25) is 0 Å². The van der Waals surface area contributed by atoms with Crippen LogP contribution in [-0.2, 0) is 0 Å². The van der Waals surface area contributed by atoms with Gasteiger partial charge < -0.3 is 0 Å². The number of halogens is 1. The Morgan fingerprint density at radius 1 is 0.840 bits per heavy atom. The number of rotatable bonds is 7. The molecule has 138 valence electrons. The Kier molecular flexibility index (Phi) is 8.31. The highest BCUT2D eigenvalue weighted by atomic mass is 127. The minimum atomic E-state index is -1.08. The lowest BCUT2D eigenvalue weighted by molar-refractivity contribution is 0.480. The van der Waals surface area contributed by atoms with Gasteiger partial charge in [0.05, 0.1) is 30.0 Å². The molecule has 2 saturated carbocycles. The molecule has 0 N–H and O–H groups in total. The summed E-state index contributed by atoms with van der Waals surface area (Å²) in [4.78, 5) is 0. The van der Waals surface area contributed by atoms with Crippen LogP contribution in [0.15, 0.2) is 40.5 Å². The summed E-state index contributed by atoms with van der Waals surface area (Å²) in [5, 5.41) is 1.78. The van der Waals surface area contributed by atoms with E-state index in [4.69, 9.17) is 0 Å². The van der Waals surface area contributed by atoms with E-state index in [1.807, 2.05) is 0 Å². The molecule has 0 nitrogen and oxygen atoms in total. The molecule has 0 aliphatic heterocycles. The van der Waals surface area contributed by atoms with Gasteiger partial charge in [0.15, 0.2) is 0 Å². The predicted molar refractivity (Wildman–Crippen MR) is 124 cm³/mol. The molecule has 25 heavy (non-hydrogen) atoms. The Hall–Kier alpha value is 0.120. The molecule has 0 bridgehead atoms. The van der Waals surface area contributed by atoms with Crippen molar-refractivity contribution in [3.05, 3.63) is 40.5 Å². The molecule has 1 aromatic rings. The van der Waals surface area contributed by atoms with Gasteiger partial charge in [0.2, 0.25) is 0 Å². The van der Waals surface area contributed by atoms with Crippen molar-refractivity contribution in [2.24, 2.45) is 0 Å². The normalized spacial score (nSPS) is 21.0. The van der Waals surface area contributed by atoms with Gasteiger partial charge in [-0.05, 0) is 80.4 Å². The molecule has 0 amide bonds. The summed E-state index contributed by atoms with van der Waals surface area (Å²) in [6, 6.07) is 11.9. The predicted octanol–water partition coefficient (Wildman–Crippen LogP) is 7.72. The second-order valence-corrected chi connectivity index (χ2v) is 13.1. The van der Waals surface area contributed by atoms with Crippen molar-refractivity contribution in [2.75, 3.05) is 6.16 Å². The Morgan fingerprint density at radius 3 is 1.92 bits per heavy atom. The van der Waals surface area contributed by atoms with E-state index in [9.17, 15) is 0 Å². The van der Waals surface area contributed by atoms with Crippen LogP contribution in [0.4, 0.5) is 0 Å². The van der Waals surface area contributed by atoms with Crippen LogP contribution in [-0.4, -0.2) is 17.5 Å². The van der Waals surface area contributed by atoms with E-state index in [-0.39, 0.29) is 0 Å². The maximum absolute atomic E-state index is 2.52. The Labute approximate surface area is 169 Å². The highest BCUT2D eigenvalue weighted by Crippen LogP contribution is 2.71. The van der Waals surface area contributed by atoms with Crippen LogP contribution in [0.25, 0.3) is 0 Å². The van der Waals surface area contributed by atoms with Crippen LogP contribution >= 0.6 is 29.9 Å². The largest absolute Gasteiger partial charge is 0.0945 e. The summed E-state index contributed by atoms with van der Waals surface area (Å²) in [5.41, 5.74) is 2.05. The molecule has 0 saturated heterocycles. The van der Waals surface area contributed by atoms with Crippen LogP contribution in [0.1, 0.15) is 77.0 Å². The molecule has 0 heterocycles. The standard InChI is InChI=1S/C23H35IP/c24-19-11-4-12-20-25(21-13-5-1-6-14-21,22-15-7-2-8-16-22)23-17-9-3-10-18-23/h1,5-6,11,13-14,19,22-23H,2-4,7-10,12,15-18,20H2/q+1/b19-11+. The van der Waals surface area contributed by atoms with Gasteiger partial charge in [-0.25, -0.2) is 0 Å². The van der Waals surface area contributed by atoms with Crippen molar-refractivity contribution in [3.63, 3.8) is 0 Å². The van der Waals surface area contributed by atoms with Crippen LogP contribution in [0.3, 0.4) is 0 Å². The fraction of sp³-hybridized carbons (Fsp3) is 0.652. The van der Waals surface area contributed by atoms with Gasteiger partial charge in [-0.1, -0.05) is 59.7 Å². The second kappa shape index (κ2) is 10.5. The maximum atomic E-state index is 2.52. The van der Waals surface area contributed by atoms with Gasteiger partial charge >= 0.3 is 0 Å². The van der Waals surface area contributed by atoms with Crippen LogP contribution < -0.4 is 5.30 Å². The minimum Gasteiger partial charge on any atom is -0.0783 e. The lowest BCUT2D eigenvalue weighted by atomic mass is 9.99. The molecule has 2 fully saturated rings. The van der Waals surface area contributed by atoms with E-state index in [2.05, 4.69) is 63.1 Å². The highest BCUT2D eigenvalue weighted by Gasteiger charge is 2.53. The fourth-order valence-electron chi connectivity index (χ4n) is 5.54. The first-order valence-corrected chi connectivity index (χ1v) is 13.9. The third-order valence-corrected chi connectivity index (χ3v) is 13.1. The zero-order chi connectivity index (χ0) is 17.4. The molecule has 3 rings (SSSR count). The Morgan fingerprint density at radius 2 is 1.40 bits per heavy atom. The van der Waals surface area contributed by atoms with E-state index in [0.29, 0.717) is 0 Å². The number of benzene rings is 1. The monoisotopic (exact) mass is 469 g/mol. The first kappa shape index (κ1) is 19.9. The lowest BCUT2D eigenvalue weighted by Gasteiger charge is -2.43. The number of hydrogen-bond donors (Lipinski definition) is 0. The Balaban J connectivity index is 1.94. The van der Waals surface area contributed by atoms with Crippen molar-refractivity contribution in [1.29, 1.82) is 0 Å². The molecule has 2 aliphatic rings. The van der Waals surface area contributed by atoms with Gasteiger partial charge in [0.25, 0.3) is 0 Å². The van der Waals surface area contributed by atoms with Crippen molar-refractivity contribution >= 4 is 35.2 Å². The summed E-state index contributed by atoms with van der Waals surface area (Å²) in [6.45, 7) is 0. The average Bonchev–Trinajstić information content (AvgIpc) is 2.70. The maximum Gasteiger partial charge on any atom is 0.0945 e. The molecule has 0 radical (unpaired) electrons. The first-order chi connectivity index (χ1) is 12.4. The number of hydrogen-bond acceptors (Lipinski definition) is 0. The topological polar surface area (TPSA) is 0 Å². The summed E-state index contributed by atoms with van der Waals surface area (Å²) in [5.74, 6) is 0. The molecular weight excluding hydrogens is 434 g/mol. The van der Waals surface area contributed by atoms with E-state index in [1.165, 1.54) is 83.2 Å². The molecular formula is C23H35IP+. The molecule has 0 spiro atoms. The van der Waals surface area contributed by atoms with Gasteiger partial charge in [0, 0.05) is 0 Å². The molecule has 2 heteroatoms. The minimum absolute atomic E-state index is 1.02.